The molecule has 6 nitrogen and oxygen atoms in total. The summed E-state index contributed by atoms with van der Waals surface area (Å²) in [5.41, 5.74) is 3.49. The topological polar surface area (TPSA) is 81.6 Å². The molecule has 19 heavy (non-hydrogen) atoms. The van der Waals surface area contributed by atoms with Crippen molar-refractivity contribution >= 4 is 5.82 Å². The van der Waals surface area contributed by atoms with Gasteiger partial charge in [0.15, 0.2) is 5.82 Å². The number of nitrogens with zero attached hydrogens (tertiary/aromatic N) is 4. The van der Waals surface area contributed by atoms with Crippen LogP contribution in [0, 0.1) is 0 Å². The molecule has 0 aliphatic carbocycles. The molecule has 0 radical (unpaired) electrons. The zero-order valence-electron chi connectivity index (χ0n) is 10.1. The summed E-state index contributed by atoms with van der Waals surface area (Å²) in [7, 11) is 0. The van der Waals surface area contributed by atoms with Crippen molar-refractivity contribution in [2.75, 3.05) is 5.43 Å². The van der Waals surface area contributed by atoms with E-state index in [2.05, 4.69) is 20.4 Å². The van der Waals surface area contributed by atoms with Gasteiger partial charge >= 0.3 is 0 Å². The zero-order chi connectivity index (χ0) is 13.1. The molecule has 6 heteroatoms. The minimum absolute atomic E-state index is 0.553. The zero-order valence-corrected chi connectivity index (χ0v) is 10.1. The van der Waals surface area contributed by atoms with Crippen LogP contribution in [0.25, 0.3) is 17.2 Å². The Balaban J connectivity index is 2.13. The first-order valence-corrected chi connectivity index (χ1v) is 5.76. The second kappa shape index (κ2) is 4.87. The maximum Gasteiger partial charge on any atom is 0.163 e. The molecule has 3 aromatic rings. The van der Waals surface area contributed by atoms with Crippen molar-refractivity contribution in [1.29, 1.82) is 0 Å². The second-order valence-corrected chi connectivity index (χ2v) is 3.92. The monoisotopic (exact) mass is 252 g/mol. The number of hydrogen-bond donors (Lipinski definition) is 2. The van der Waals surface area contributed by atoms with Crippen LogP contribution in [0.5, 0.6) is 0 Å². The lowest BCUT2D eigenvalue weighted by atomic mass is 10.2. The lowest BCUT2D eigenvalue weighted by molar-refractivity contribution is 0.974. The average molecular weight is 252 g/mol. The molecule has 2 aromatic heterocycles. The number of rotatable bonds is 3. The SMILES string of the molecule is NNc1cc(-n2ccnc2)nc(-c2ccccc2)n1. The number of imidazole rings is 1. The van der Waals surface area contributed by atoms with Crippen molar-refractivity contribution in [3.63, 3.8) is 0 Å². The van der Waals surface area contributed by atoms with Gasteiger partial charge < -0.3 is 5.43 Å². The Hall–Kier alpha value is -2.73. The van der Waals surface area contributed by atoms with Crippen LogP contribution in [0.15, 0.2) is 55.1 Å². The summed E-state index contributed by atoms with van der Waals surface area (Å²) in [5.74, 6) is 7.33. The Morgan fingerprint density at radius 3 is 2.63 bits per heavy atom. The highest BCUT2D eigenvalue weighted by molar-refractivity contribution is 5.58. The van der Waals surface area contributed by atoms with Crippen molar-refractivity contribution < 1.29 is 0 Å². The Morgan fingerprint density at radius 1 is 1.11 bits per heavy atom. The lowest BCUT2D eigenvalue weighted by Gasteiger charge is -2.08. The van der Waals surface area contributed by atoms with E-state index >= 15 is 0 Å². The van der Waals surface area contributed by atoms with Crippen molar-refractivity contribution in [1.82, 2.24) is 19.5 Å². The Kier molecular flexibility index (Phi) is 2.91. The van der Waals surface area contributed by atoms with E-state index < -0.39 is 0 Å². The largest absolute Gasteiger partial charge is 0.308 e. The molecule has 0 fully saturated rings. The maximum absolute atomic E-state index is 5.45. The molecule has 0 saturated heterocycles. The van der Waals surface area contributed by atoms with Gasteiger partial charge in [-0.1, -0.05) is 30.3 Å². The molecule has 3 rings (SSSR count). The number of nitrogen functional groups attached to an aromatic ring is 1. The van der Waals surface area contributed by atoms with Crippen molar-refractivity contribution in [3.05, 3.63) is 55.1 Å². The molecular weight excluding hydrogens is 240 g/mol. The van der Waals surface area contributed by atoms with Gasteiger partial charge in [0.2, 0.25) is 0 Å². The highest BCUT2D eigenvalue weighted by atomic mass is 15.3. The van der Waals surface area contributed by atoms with Crippen molar-refractivity contribution in [3.8, 4) is 17.2 Å². The number of aromatic nitrogens is 4. The van der Waals surface area contributed by atoms with Gasteiger partial charge in [-0.3, -0.25) is 4.57 Å². The van der Waals surface area contributed by atoms with E-state index in [0.29, 0.717) is 17.5 Å². The molecule has 0 unspecified atom stereocenters. The first-order valence-electron chi connectivity index (χ1n) is 5.76. The van der Waals surface area contributed by atoms with Gasteiger partial charge in [0.05, 0.1) is 0 Å². The molecule has 0 aliphatic heterocycles. The quantitative estimate of drug-likeness (QED) is 0.546. The standard InChI is InChI=1S/C13H12N6/c14-18-11-8-12(19-7-6-15-9-19)17-13(16-11)10-4-2-1-3-5-10/h1-9H,14H2,(H,16,17,18). The number of nitrogens with one attached hydrogen (secondary N) is 1. The highest BCUT2D eigenvalue weighted by Gasteiger charge is 2.07. The van der Waals surface area contributed by atoms with E-state index in [9.17, 15) is 0 Å². The third-order valence-electron chi connectivity index (χ3n) is 2.66. The van der Waals surface area contributed by atoms with Gasteiger partial charge in [-0.25, -0.2) is 20.8 Å². The summed E-state index contributed by atoms with van der Waals surface area (Å²) in [4.78, 5) is 12.9. The number of anilines is 1. The fourth-order valence-electron chi connectivity index (χ4n) is 1.75. The van der Waals surface area contributed by atoms with Crippen LogP contribution in [0.1, 0.15) is 0 Å². The summed E-state index contributed by atoms with van der Waals surface area (Å²) >= 11 is 0. The minimum Gasteiger partial charge on any atom is -0.308 e. The molecule has 0 spiro atoms. The van der Waals surface area contributed by atoms with Crippen LogP contribution in [-0.4, -0.2) is 19.5 Å². The Morgan fingerprint density at radius 2 is 1.95 bits per heavy atom. The molecule has 2 heterocycles. The van der Waals surface area contributed by atoms with Crippen LogP contribution in [0.4, 0.5) is 5.82 Å². The van der Waals surface area contributed by atoms with Gasteiger partial charge in [-0.15, -0.1) is 0 Å². The molecule has 0 amide bonds. The normalized spacial score (nSPS) is 10.4. The van der Waals surface area contributed by atoms with Gasteiger partial charge in [-0.2, -0.15) is 0 Å². The fraction of sp³-hybridized carbons (Fsp3) is 0. The van der Waals surface area contributed by atoms with Gasteiger partial charge in [-0.05, 0) is 0 Å². The third kappa shape index (κ3) is 2.29. The summed E-state index contributed by atoms with van der Waals surface area (Å²) in [6, 6.07) is 11.5. The van der Waals surface area contributed by atoms with Gasteiger partial charge in [0.1, 0.15) is 18.0 Å². The van der Waals surface area contributed by atoms with Crippen molar-refractivity contribution in [2.45, 2.75) is 0 Å². The number of nitrogens with two attached hydrogens (primary N) is 1. The molecule has 0 saturated carbocycles. The predicted molar refractivity (Wildman–Crippen MR) is 72.4 cm³/mol. The summed E-state index contributed by atoms with van der Waals surface area (Å²) in [6.45, 7) is 0. The second-order valence-electron chi connectivity index (χ2n) is 3.92. The molecule has 0 bridgehead atoms. The van der Waals surface area contributed by atoms with Crippen LogP contribution in [0.3, 0.4) is 0 Å². The van der Waals surface area contributed by atoms with E-state index in [0.717, 1.165) is 5.56 Å². The molecule has 0 atom stereocenters. The van der Waals surface area contributed by atoms with E-state index in [-0.39, 0.29) is 0 Å². The van der Waals surface area contributed by atoms with E-state index in [1.807, 2.05) is 36.5 Å². The molecule has 1 aromatic carbocycles. The van der Waals surface area contributed by atoms with Crippen LogP contribution >= 0.6 is 0 Å². The first kappa shape index (κ1) is 11.4. The summed E-state index contributed by atoms with van der Waals surface area (Å²) in [5, 5.41) is 0. The fourth-order valence-corrected chi connectivity index (χ4v) is 1.75. The number of benzene rings is 1. The van der Waals surface area contributed by atoms with Crippen LogP contribution in [0.2, 0.25) is 0 Å². The molecule has 0 aliphatic rings. The molecule has 3 N–H and O–H groups in total. The maximum atomic E-state index is 5.45. The molecule has 94 valence electrons. The van der Waals surface area contributed by atoms with E-state index in [1.54, 1.807) is 23.2 Å². The highest BCUT2D eigenvalue weighted by Crippen LogP contribution is 2.18. The van der Waals surface area contributed by atoms with Crippen molar-refractivity contribution in [2.24, 2.45) is 5.84 Å². The molecular formula is C13H12N6. The number of hydrogen-bond acceptors (Lipinski definition) is 5. The Bertz CT molecular complexity index is 663. The summed E-state index contributed by atoms with van der Waals surface area (Å²) in [6.07, 6.45) is 5.19. The third-order valence-corrected chi connectivity index (χ3v) is 2.66. The van der Waals surface area contributed by atoms with Gasteiger partial charge in [0, 0.05) is 24.0 Å². The number of hydrazine groups is 1. The van der Waals surface area contributed by atoms with E-state index in [1.165, 1.54) is 0 Å². The van der Waals surface area contributed by atoms with E-state index in [4.69, 9.17) is 5.84 Å². The Labute approximate surface area is 109 Å². The van der Waals surface area contributed by atoms with Gasteiger partial charge in [0.25, 0.3) is 0 Å². The van der Waals surface area contributed by atoms with Crippen LogP contribution < -0.4 is 11.3 Å². The lowest BCUT2D eigenvalue weighted by Crippen LogP contribution is -2.11. The predicted octanol–water partition coefficient (Wildman–Crippen LogP) is 1.61. The first-order chi connectivity index (χ1) is 9.36. The average Bonchev–Trinajstić information content (AvgIpc) is 3.02. The minimum atomic E-state index is 0.553. The summed E-state index contributed by atoms with van der Waals surface area (Å²) < 4.78 is 1.80. The van der Waals surface area contributed by atoms with Crippen LogP contribution in [-0.2, 0) is 0 Å². The smallest absolute Gasteiger partial charge is 0.163 e.